The first-order valence-corrected chi connectivity index (χ1v) is 7.39. The maximum atomic E-state index is 12.0. The van der Waals surface area contributed by atoms with E-state index in [-0.39, 0.29) is 30.0 Å². The fourth-order valence-electron chi connectivity index (χ4n) is 2.83. The van der Waals surface area contributed by atoms with E-state index >= 15 is 0 Å². The molecule has 4 nitrogen and oxygen atoms in total. The van der Waals surface area contributed by atoms with Crippen LogP contribution in [0.25, 0.3) is 0 Å². The number of halogens is 1. The van der Waals surface area contributed by atoms with Gasteiger partial charge in [-0.3, -0.25) is 4.79 Å². The number of rotatable bonds is 2. The molecule has 2 saturated heterocycles. The summed E-state index contributed by atoms with van der Waals surface area (Å²) in [6.07, 6.45) is 3.06. The Morgan fingerprint density at radius 2 is 2.26 bits per heavy atom. The van der Waals surface area contributed by atoms with Crippen LogP contribution in [-0.2, 0) is 4.74 Å². The molecule has 1 aromatic heterocycles. The first-order valence-electron chi connectivity index (χ1n) is 6.45. The number of carbonyl (C=O) groups excluding carboxylic acids is 1. The van der Waals surface area contributed by atoms with E-state index in [4.69, 9.17) is 4.74 Å². The Hall–Kier alpha value is -0.620. The summed E-state index contributed by atoms with van der Waals surface area (Å²) in [5.74, 6) is 0.0239. The van der Waals surface area contributed by atoms with Crippen LogP contribution < -0.4 is 10.6 Å². The fourth-order valence-corrected chi connectivity index (χ4v) is 3.47. The molecule has 1 atom stereocenters. The summed E-state index contributed by atoms with van der Waals surface area (Å²) in [6, 6.07) is 2.02. The van der Waals surface area contributed by atoms with Crippen molar-refractivity contribution in [3.63, 3.8) is 0 Å². The summed E-state index contributed by atoms with van der Waals surface area (Å²) in [5.41, 5.74) is 0.768. The standard InChI is InChI=1S/C13H18N2O2S.ClH/c16-12(10-1-6-18-9-10)15-11-7-13(17-8-11)2-4-14-5-3-13;/h1,6,9,11,14H,2-5,7-8H2,(H,15,16);1H. The van der Waals surface area contributed by atoms with Gasteiger partial charge in [-0.1, -0.05) is 0 Å². The Kier molecular flexibility index (Phi) is 4.84. The molecule has 106 valence electrons. The minimum absolute atomic E-state index is 0. The Morgan fingerprint density at radius 3 is 2.95 bits per heavy atom. The average molecular weight is 303 g/mol. The number of hydrogen-bond acceptors (Lipinski definition) is 4. The normalized spacial score (nSPS) is 24.9. The molecule has 19 heavy (non-hydrogen) atoms. The monoisotopic (exact) mass is 302 g/mol. The van der Waals surface area contributed by atoms with Crippen LogP contribution in [0.2, 0.25) is 0 Å². The molecule has 1 aromatic rings. The molecule has 3 heterocycles. The Balaban J connectivity index is 0.00000133. The summed E-state index contributed by atoms with van der Waals surface area (Å²) in [5, 5.41) is 10.2. The summed E-state index contributed by atoms with van der Waals surface area (Å²) >= 11 is 1.55. The second-order valence-electron chi connectivity index (χ2n) is 5.13. The predicted octanol–water partition coefficient (Wildman–Crippen LogP) is 1.81. The molecule has 3 rings (SSSR count). The van der Waals surface area contributed by atoms with E-state index in [2.05, 4.69) is 10.6 Å². The van der Waals surface area contributed by atoms with Gasteiger partial charge in [0.05, 0.1) is 18.2 Å². The molecule has 1 spiro atoms. The minimum atomic E-state index is 0. The van der Waals surface area contributed by atoms with E-state index in [9.17, 15) is 4.79 Å². The van der Waals surface area contributed by atoms with Crippen LogP contribution in [-0.4, -0.2) is 37.2 Å². The zero-order chi connectivity index (χ0) is 12.4. The van der Waals surface area contributed by atoms with Crippen molar-refractivity contribution in [2.45, 2.75) is 30.9 Å². The van der Waals surface area contributed by atoms with Crippen molar-refractivity contribution < 1.29 is 9.53 Å². The predicted molar refractivity (Wildman–Crippen MR) is 78.2 cm³/mol. The van der Waals surface area contributed by atoms with Gasteiger partial charge >= 0.3 is 0 Å². The van der Waals surface area contributed by atoms with Crippen LogP contribution in [0.15, 0.2) is 16.8 Å². The number of nitrogens with one attached hydrogen (secondary N) is 2. The summed E-state index contributed by atoms with van der Waals surface area (Å²) in [4.78, 5) is 12.0. The van der Waals surface area contributed by atoms with Gasteiger partial charge in [0.15, 0.2) is 0 Å². The van der Waals surface area contributed by atoms with Crippen LogP contribution >= 0.6 is 23.7 Å². The van der Waals surface area contributed by atoms with Crippen molar-refractivity contribution in [3.8, 4) is 0 Å². The van der Waals surface area contributed by atoms with Crippen molar-refractivity contribution in [2.24, 2.45) is 0 Å². The number of ether oxygens (including phenoxy) is 1. The fraction of sp³-hybridized carbons (Fsp3) is 0.615. The third kappa shape index (κ3) is 3.28. The molecule has 0 radical (unpaired) electrons. The molecule has 6 heteroatoms. The third-order valence-corrected chi connectivity index (χ3v) is 4.53. The third-order valence-electron chi connectivity index (χ3n) is 3.84. The zero-order valence-electron chi connectivity index (χ0n) is 10.7. The van der Waals surface area contributed by atoms with Crippen LogP contribution in [0.1, 0.15) is 29.6 Å². The smallest absolute Gasteiger partial charge is 0.252 e. The van der Waals surface area contributed by atoms with Crippen molar-refractivity contribution >= 4 is 29.7 Å². The number of thiophene rings is 1. The van der Waals surface area contributed by atoms with Gasteiger partial charge in [-0.15, -0.1) is 12.4 Å². The van der Waals surface area contributed by atoms with E-state index < -0.39 is 0 Å². The molecule has 0 saturated carbocycles. The SMILES string of the molecule is Cl.O=C(NC1COC2(CCNCC2)C1)c1ccsc1. The van der Waals surface area contributed by atoms with Crippen LogP contribution in [0.4, 0.5) is 0 Å². The molecule has 2 fully saturated rings. The second kappa shape index (κ2) is 6.22. The number of carbonyl (C=O) groups is 1. The number of hydrogen-bond donors (Lipinski definition) is 2. The Bertz CT molecular complexity index is 418. The van der Waals surface area contributed by atoms with Gasteiger partial charge in [0, 0.05) is 10.9 Å². The first-order chi connectivity index (χ1) is 8.77. The van der Waals surface area contributed by atoms with Crippen LogP contribution in [0, 0.1) is 0 Å². The van der Waals surface area contributed by atoms with E-state index in [1.807, 2.05) is 16.8 Å². The molecule has 0 aliphatic carbocycles. The molecule has 2 aliphatic heterocycles. The average Bonchev–Trinajstić information content (AvgIpc) is 3.01. The largest absolute Gasteiger partial charge is 0.373 e. The molecular weight excluding hydrogens is 284 g/mol. The molecule has 1 amide bonds. The zero-order valence-corrected chi connectivity index (χ0v) is 12.3. The molecule has 2 aliphatic rings. The highest BCUT2D eigenvalue weighted by Crippen LogP contribution is 2.33. The van der Waals surface area contributed by atoms with Gasteiger partial charge in [0.1, 0.15) is 0 Å². The lowest BCUT2D eigenvalue weighted by atomic mass is 9.88. The van der Waals surface area contributed by atoms with E-state index in [0.29, 0.717) is 6.61 Å². The van der Waals surface area contributed by atoms with Crippen molar-refractivity contribution in [1.29, 1.82) is 0 Å². The topological polar surface area (TPSA) is 50.4 Å². The first kappa shape index (κ1) is 14.8. The van der Waals surface area contributed by atoms with Crippen LogP contribution in [0.5, 0.6) is 0 Å². The lowest BCUT2D eigenvalue weighted by Crippen LogP contribution is -2.42. The number of piperidine rings is 1. The van der Waals surface area contributed by atoms with E-state index in [0.717, 1.165) is 37.9 Å². The highest BCUT2D eigenvalue weighted by molar-refractivity contribution is 7.08. The summed E-state index contributed by atoms with van der Waals surface area (Å²) in [6.45, 7) is 2.69. The van der Waals surface area contributed by atoms with Crippen molar-refractivity contribution in [2.75, 3.05) is 19.7 Å². The molecular formula is C13H19ClN2O2S. The van der Waals surface area contributed by atoms with Gasteiger partial charge < -0.3 is 15.4 Å². The van der Waals surface area contributed by atoms with Crippen molar-refractivity contribution in [1.82, 2.24) is 10.6 Å². The maximum absolute atomic E-state index is 12.0. The van der Waals surface area contributed by atoms with Gasteiger partial charge in [0.25, 0.3) is 5.91 Å². The van der Waals surface area contributed by atoms with E-state index in [1.54, 1.807) is 11.3 Å². The highest BCUT2D eigenvalue weighted by atomic mass is 35.5. The highest BCUT2D eigenvalue weighted by Gasteiger charge is 2.41. The van der Waals surface area contributed by atoms with Crippen molar-refractivity contribution in [3.05, 3.63) is 22.4 Å². The molecule has 0 bridgehead atoms. The van der Waals surface area contributed by atoms with Gasteiger partial charge in [0.2, 0.25) is 0 Å². The van der Waals surface area contributed by atoms with Gasteiger partial charge in [-0.05, 0) is 43.8 Å². The van der Waals surface area contributed by atoms with E-state index in [1.165, 1.54) is 0 Å². The minimum Gasteiger partial charge on any atom is -0.373 e. The molecule has 0 aromatic carbocycles. The number of amides is 1. The molecule has 2 N–H and O–H groups in total. The quantitative estimate of drug-likeness (QED) is 0.876. The molecule has 1 unspecified atom stereocenters. The lowest BCUT2D eigenvalue weighted by molar-refractivity contribution is -0.0194. The second-order valence-corrected chi connectivity index (χ2v) is 5.91. The van der Waals surface area contributed by atoms with Gasteiger partial charge in [-0.25, -0.2) is 0 Å². The maximum Gasteiger partial charge on any atom is 0.252 e. The lowest BCUT2D eigenvalue weighted by Gasteiger charge is -2.32. The summed E-state index contributed by atoms with van der Waals surface area (Å²) in [7, 11) is 0. The van der Waals surface area contributed by atoms with Gasteiger partial charge in [-0.2, -0.15) is 11.3 Å². The summed E-state index contributed by atoms with van der Waals surface area (Å²) < 4.78 is 5.96. The Labute approximate surface area is 123 Å². The van der Waals surface area contributed by atoms with Crippen LogP contribution in [0.3, 0.4) is 0 Å². The Morgan fingerprint density at radius 1 is 1.47 bits per heavy atom.